The molecule has 0 aliphatic carbocycles. The molecule has 10 aromatic carbocycles. The third-order valence-corrected chi connectivity index (χ3v) is 11.2. The molecular weight excluding hydrogens is 675 g/mol. The van der Waals surface area contributed by atoms with Crippen molar-refractivity contribution in [3.05, 3.63) is 224 Å². The van der Waals surface area contributed by atoms with E-state index >= 15 is 0 Å². The van der Waals surface area contributed by atoms with Crippen LogP contribution in [-0.4, -0.2) is 0 Å². The Kier molecular flexibility index (Phi) is 8.46. The molecule has 0 bridgehead atoms. The Bertz CT molecular complexity index is 2990. The van der Waals surface area contributed by atoms with E-state index in [9.17, 15) is 0 Å². The van der Waals surface area contributed by atoms with Crippen molar-refractivity contribution >= 4 is 49.4 Å². The lowest BCUT2D eigenvalue weighted by Gasteiger charge is -2.27. The highest BCUT2D eigenvalue weighted by Gasteiger charge is 2.18. The molecule has 56 heavy (non-hydrogen) atoms. The summed E-state index contributed by atoms with van der Waals surface area (Å²) in [7, 11) is 0. The van der Waals surface area contributed by atoms with Gasteiger partial charge in [0.2, 0.25) is 0 Å². The molecule has 1 heteroatoms. The minimum absolute atomic E-state index is 1.10. The summed E-state index contributed by atoms with van der Waals surface area (Å²) in [6, 6.07) is 79.5. The fourth-order valence-corrected chi connectivity index (χ4v) is 8.43. The Labute approximate surface area is 328 Å². The topological polar surface area (TPSA) is 3.24 Å². The van der Waals surface area contributed by atoms with Crippen LogP contribution >= 0.6 is 0 Å². The number of rotatable bonds is 7. The molecule has 0 atom stereocenters. The van der Waals surface area contributed by atoms with Crippen molar-refractivity contribution in [3.63, 3.8) is 0 Å². The Morgan fingerprint density at radius 1 is 0.286 bits per heavy atom. The quantitative estimate of drug-likeness (QED) is 0.159. The smallest absolute Gasteiger partial charge is 0.0474 e. The van der Waals surface area contributed by atoms with E-state index in [1.54, 1.807) is 0 Å². The van der Waals surface area contributed by atoms with E-state index in [4.69, 9.17) is 0 Å². The van der Waals surface area contributed by atoms with E-state index in [0.29, 0.717) is 0 Å². The maximum atomic E-state index is 2.41. The van der Waals surface area contributed by atoms with Crippen LogP contribution in [0.4, 0.5) is 17.1 Å². The van der Waals surface area contributed by atoms with Gasteiger partial charge in [0.25, 0.3) is 0 Å². The van der Waals surface area contributed by atoms with E-state index in [1.807, 2.05) is 0 Å². The van der Waals surface area contributed by atoms with Gasteiger partial charge in [0.05, 0.1) is 0 Å². The number of fused-ring (bicyclic) bond motifs is 3. The van der Waals surface area contributed by atoms with Gasteiger partial charge in [0, 0.05) is 17.1 Å². The van der Waals surface area contributed by atoms with Gasteiger partial charge < -0.3 is 4.90 Å². The Morgan fingerprint density at radius 3 is 1.48 bits per heavy atom. The van der Waals surface area contributed by atoms with Crippen molar-refractivity contribution in [2.45, 2.75) is 6.92 Å². The molecule has 0 heterocycles. The van der Waals surface area contributed by atoms with E-state index in [0.717, 1.165) is 17.1 Å². The second-order valence-electron chi connectivity index (χ2n) is 14.6. The highest BCUT2D eigenvalue weighted by Crippen LogP contribution is 2.44. The summed E-state index contributed by atoms with van der Waals surface area (Å²) in [5.74, 6) is 0. The number of aryl methyl sites for hydroxylation is 1. The molecule has 0 spiro atoms. The number of nitrogens with zero attached hydrogens (tertiary/aromatic N) is 1. The fourth-order valence-electron chi connectivity index (χ4n) is 8.43. The zero-order valence-corrected chi connectivity index (χ0v) is 31.2. The summed E-state index contributed by atoms with van der Waals surface area (Å²) in [5.41, 5.74) is 14.3. The second-order valence-corrected chi connectivity index (χ2v) is 14.6. The van der Waals surface area contributed by atoms with Gasteiger partial charge in [-0.3, -0.25) is 0 Å². The van der Waals surface area contributed by atoms with Crippen LogP contribution in [0.25, 0.3) is 76.8 Å². The molecule has 0 unspecified atom stereocenters. The SMILES string of the molecule is Cc1ccc(-c2ccc(N(c3ccc(-c4ccccc4)cc3)c3cc(-c4cccc5ccccc45)c4ccccc4c3)cc2)c2c(-c3ccccc3)cccc12. The van der Waals surface area contributed by atoms with Crippen molar-refractivity contribution in [1.82, 2.24) is 0 Å². The zero-order valence-electron chi connectivity index (χ0n) is 31.2. The van der Waals surface area contributed by atoms with Crippen molar-refractivity contribution in [2.24, 2.45) is 0 Å². The number of hydrogen-bond acceptors (Lipinski definition) is 1. The van der Waals surface area contributed by atoms with Gasteiger partial charge in [-0.05, 0) is 126 Å². The highest BCUT2D eigenvalue weighted by atomic mass is 15.1. The maximum Gasteiger partial charge on any atom is 0.0474 e. The first kappa shape index (κ1) is 33.4. The van der Waals surface area contributed by atoms with Crippen LogP contribution in [0.3, 0.4) is 0 Å². The number of anilines is 3. The first-order chi connectivity index (χ1) is 27.7. The van der Waals surface area contributed by atoms with Crippen molar-refractivity contribution < 1.29 is 0 Å². The number of hydrogen-bond donors (Lipinski definition) is 0. The standard InChI is InChI=1S/C55H39N/c1-38-26-35-52(55-48(38)23-13-24-51(55)42-16-6-3-7-17-42)43-29-33-46(34-30-43)56(45-31-27-40(28-32-45)39-14-4-2-5-15-39)47-36-44-19-9-11-22-50(44)54(37-47)53-25-12-20-41-18-8-10-21-49(41)53/h2-37H,1H3. The minimum Gasteiger partial charge on any atom is -0.310 e. The lowest BCUT2D eigenvalue weighted by atomic mass is 9.89. The number of benzene rings is 10. The van der Waals surface area contributed by atoms with Gasteiger partial charge in [-0.2, -0.15) is 0 Å². The normalized spacial score (nSPS) is 11.3. The van der Waals surface area contributed by atoms with Crippen LogP contribution in [0, 0.1) is 6.92 Å². The zero-order chi connectivity index (χ0) is 37.4. The molecule has 264 valence electrons. The molecule has 0 fully saturated rings. The molecule has 10 rings (SSSR count). The summed E-state index contributed by atoms with van der Waals surface area (Å²) in [6.07, 6.45) is 0. The minimum atomic E-state index is 1.10. The highest BCUT2D eigenvalue weighted by molar-refractivity contribution is 6.09. The predicted molar refractivity (Wildman–Crippen MR) is 240 cm³/mol. The summed E-state index contributed by atoms with van der Waals surface area (Å²) in [5, 5.41) is 7.50. The average Bonchev–Trinajstić information content (AvgIpc) is 3.27. The third-order valence-electron chi connectivity index (χ3n) is 11.2. The summed E-state index contributed by atoms with van der Waals surface area (Å²) in [4.78, 5) is 2.41. The van der Waals surface area contributed by atoms with Gasteiger partial charge in [-0.25, -0.2) is 0 Å². The molecule has 0 aromatic heterocycles. The second kappa shape index (κ2) is 14.2. The van der Waals surface area contributed by atoms with E-state index in [-0.39, 0.29) is 0 Å². The molecular formula is C55H39N. The van der Waals surface area contributed by atoms with Crippen LogP contribution in [-0.2, 0) is 0 Å². The Hall–Kier alpha value is -7.22. The van der Waals surface area contributed by atoms with Gasteiger partial charge >= 0.3 is 0 Å². The first-order valence-corrected chi connectivity index (χ1v) is 19.3. The largest absolute Gasteiger partial charge is 0.310 e. The fraction of sp³-hybridized carbons (Fsp3) is 0.0182. The molecule has 0 saturated carbocycles. The van der Waals surface area contributed by atoms with Crippen LogP contribution in [0.5, 0.6) is 0 Å². The molecule has 0 saturated heterocycles. The van der Waals surface area contributed by atoms with Crippen LogP contribution in [0.1, 0.15) is 5.56 Å². The monoisotopic (exact) mass is 713 g/mol. The van der Waals surface area contributed by atoms with Crippen LogP contribution < -0.4 is 4.90 Å². The molecule has 10 aromatic rings. The third kappa shape index (κ3) is 6.00. The Morgan fingerprint density at radius 2 is 0.768 bits per heavy atom. The summed E-state index contributed by atoms with van der Waals surface area (Å²) < 4.78 is 0. The van der Waals surface area contributed by atoms with Gasteiger partial charge in [0.1, 0.15) is 0 Å². The van der Waals surface area contributed by atoms with E-state index in [2.05, 4.69) is 230 Å². The molecule has 0 N–H and O–H groups in total. The predicted octanol–water partition coefficient (Wildman–Crippen LogP) is 15.6. The van der Waals surface area contributed by atoms with Gasteiger partial charge in [-0.1, -0.05) is 182 Å². The van der Waals surface area contributed by atoms with Crippen molar-refractivity contribution in [2.75, 3.05) is 4.90 Å². The van der Waals surface area contributed by atoms with Crippen LogP contribution in [0.15, 0.2) is 218 Å². The van der Waals surface area contributed by atoms with Crippen molar-refractivity contribution in [1.29, 1.82) is 0 Å². The van der Waals surface area contributed by atoms with Gasteiger partial charge in [-0.15, -0.1) is 0 Å². The Balaban J connectivity index is 1.15. The van der Waals surface area contributed by atoms with Crippen LogP contribution in [0.2, 0.25) is 0 Å². The molecule has 0 aliphatic rings. The molecule has 0 aliphatic heterocycles. The molecule has 1 nitrogen and oxygen atoms in total. The van der Waals surface area contributed by atoms with Gasteiger partial charge in [0.15, 0.2) is 0 Å². The van der Waals surface area contributed by atoms with E-state index in [1.165, 1.54) is 82.4 Å². The van der Waals surface area contributed by atoms with E-state index < -0.39 is 0 Å². The lowest BCUT2D eigenvalue weighted by molar-refractivity contribution is 1.29. The first-order valence-electron chi connectivity index (χ1n) is 19.3. The summed E-state index contributed by atoms with van der Waals surface area (Å²) >= 11 is 0. The summed E-state index contributed by atoms with van der Waals surface area (Å²) in [6.45, 7) is 2.21. The van der Waals surface area contributed by atoms with Crippen molar-refractivity contribution in [3.8, 4) is 44.5 Å². The lowest BCUT2D eigenvalue weighted by Crippen LogP contribution is -2.10. The maximum absolute atomic E-state index is 2.41. The molecule has 0 radical (unpaired) electrons. The average molecular weight is 714 g/mol. The molecule has 0 amide bonds.